The van der Waals surface area contributed by atoms with Gasteiger partial charge >= 0.3 is 5.97 Å². The molecular formula is C14H11FN2O4. The van der Waals surface area contributed by atoms with Crippen molar-refractivity contribution in [3.63, 3.8) is 0 Å². The summed E-state index contributed by atoms with van der Waals surface area (Å²) in [5.41, 5.74) is 0.735. The first-order valence-electron chi connectivity index (χ1n) is 5.91. The van der Waals surface area contributed by atoms with Crippen LogP contribution in [0.15, 0.2) is 34.9 Å². The fourth-order valence-electron chi connectivity index (χ4n) is 1.59. The lowest BCUT2D eigenvalue weighted by Crippen LogP contribution is -2.13. The minimum absolute atomic E-state index is 0.117. The van der Waals surface area contributed by atoms with Crippen LogP contribution in [0.5, 0.6) is 0 Å². The number of halogens is 1. The number of carbonyl (C=O) groups is 2. The second-order valence-corrected chi connectivity index (χ2v) is 4.20. The van der Waals surface area contributed by atoms with Crippen LogP contribution in [0.1, 0.15) is 21.6 Å². The number of anilines is 1. The Morgan fingerprint density at radius 1 is 1.38 bits per heavy atom. The average molecular weight is 290 g/mol. The molecule has 0 saturated carbocycles. The molecule has 1 aromatic carbocycles. The largest absolute Gasteiger partial charge is 0.478 e. The van der Waals surface area contributed by atoms with Gasteiger partial charge in [-0.3, -0.25) is 10.1 Å². The molecule has 0 saturated heterocycles. The smallest absolute Gasteiger partial charge is 0.328 e. The molecule has 21 heavy (non-hydrogen) atoms. The minimum Gasteiger partial charge on any atom is -0.478 e. The van der Waals surface area contributed by atoms with Gasteiger partial charge < -0.3 is 9.63 Å². The van der Waals surface area contributed by atoms with Gasteiger partial charge in [-0.05, 0) is 30.7 Å². The van der Waals surface area contributed by atoms with E-state index in [2.05, 4.69) is 10.5 Å². The van der Waals surface area contributed by atoms with E-state index in [-0.39, 0.29) is 11.4 Å². The highest BCUT2D eigenvalue weighted by molar-refractivity contribution is 6.03. The van der Waals surface area contributed by atoms with E-state index in [4.69, 9.17) is 9.63 Å². The monoisotopic (exact) mass is 290 g/mol. The number of amides is 1. The first-order chi connectivity index (χ1) is 9.95. The van der Waals surface area contributed by atoms with Gasteiger partial charge in [0.05, 0.1) is 11.3 Å². The molecule has 1 aromatic heterocycles. The van der Waals surface area contributed by atoms with Crippen molar-refractivity contribution in [1.82, 2.24) is 5.16 Å². The number of carboxylic acids is 1. The van der Waals surface area contributed by atoms with Gasteiger partial charge in [0.25, 0.3) is 5.91 Å². The summed E-state index contributed by atoms with van der Waals surface area (Å²) in [6.45, 7) is 1.68. The Morgan fingerprint density at radius 2 is 2.14 bits per heavy atom. The second-order valence-electron chi connectivity index (χ2n) is 4.20. The van der Waals surface area contributed by atoms with E-state index in [1.165, 1.54) is 24.3 Å². The number of hydrogen-bond donors (Lipinski definition) is 2. The Morgan fingerprint density at radius 3 is 2.71 bits per heavy atom. The molecule has 0 radical (unpaired) electrons. The summed E-state index contributed by atoms with van der Waals surface area (Å²) in [7, 11) is 0. The Labute approximate surface area is 118 Å². The molecule has 0 bridgehead atoms. The van der Waals surface area contributed by atoms with Crippen molar-refractivity contribution in [1.29, 1.82) is 0 Å². The van der Waals surface area contributed by atoms with E-state index in [1.54, 1.807) is 6.92 Å². The fraction of sp³-hybridized carbons (Fsp3) is 0.0714. The van der Waals surface area contributed by atoms with Crippen LogP contribution in [0.4, 0.5) is 10.3 Å². The summed E-state index contributed by atoms with van der Waals surface area (Å²) in [6, 6.07) is 5.26. The standard InChI is InChI=1S/C14H11FN2O4/c1-8-6-12(21-17-8)16-14(20)10-4-2-9(7-11(10)15)3-5-13(18)19/h2-7H,1H3,(H,16,20)(H,18,19). The molecule has 1 amide bonds. The summed E-state index contributed by atoms with van der Waals surface area (Å²) < 4.78 is 18.6. The van der Waals surface area contributed by atoms with Gasteiger partial charge in [-0.15, -0.1) is 0 Å². The van der Waals surface area contributed by atoms with Crippen molar-refractivity contribution in [3.05, 3.63) is 53.0 Å². The molecule has 2 aromatic rings. The van der Waals surface area contributed by atoms with E-state index in [0.29, 0.717) is 11.3 Å². The minimum atomic E-state index is -1.14. The summed E-state index contributed by atoms with van der Waals surface area (Å²) in [4.78, 5) is 22.2. The van der Waals surface area contributed by atoms with Gasteiger partial charge in [-0.25, -0.2) is 9.18 Å². The molecule has 0 unspecified atom stereocenters. The van der Waals surface area contributed by atoms with Crippen LogP contribution in [-0.2, 0) is 4.79 Å². The predicted octanol–water partition coefficient (Wildman–Crippen LogP) is 2.47. The molecule has 0 spiro atoms. The van der Waals surface area contributed by atoms with Crippen LogP contribution in [0.25, 0.3) is 6.08 Å². The second kappa shape index (κ2) is 6.00. The Balaban J connectivity index is 2.16. The van der Waals surface area contributed by atoms with Crippen LogP contribution < -0.4 is 5.32 Å². The number of aryl methyl sites for hydroxylation is 1. The third-order valence-electron chi connectivity index (χ3n) is 2.52. The maximum atomic E-state index is 13.8. The molecule has 7 heteroatoms. The lowest BCUT2D eigenvalue weighted by molar-refractivity contribution is -0.131. The molecule has 0 fully saturated rings. The molecule has 0 atom stereocenters. The van der Waals surface area contributed by atoms with Crippen LogP contribution in [0.3, 0.4) is 0 Å². The highest BCUT2D eigenvalue weighted by Gasteiger charge is 2.14. The molecule has 1 heterocycles. The van der Waals surface area contributed by atoms with Crippen LogP contribution in [0.2, 0.25) is 0 Å². The SMILES string of the molecule is Cc1cc(NC(=O)c2ccc(C=CC(=O)O)cc2F)on1. The summed E-state index contributed by atoms with van der Waals surface area (Å²) in [5.74, 6) is -2.47. The zero-order chi connectivity index (χ0) is 15.4. The van der Waals surface area contributed by atoms with E-state index in [9.17, 15) is 14.0 Å². The van der Waals surface area contributed by atoms with Gasteiger partial charge in [0.1, 0.15) is 5.82 Å². The molecule has 2 rings (SSSR count). The topological polar surface area (TPSA) is 92.4 Å². The van der Waals surface area contributed by atoms with Gasteiger partial charge in [-0.2, -0.15) is 0 Å². The maximum absolute atomic E-state index is 13.8. The number of rotatable bonds is 4. The van der Waals surface area contributed by atoms with Crippen molar-refractivity contribution >= 4 is 23.8 Å². The molecular weight excluding hydrogens is 279 g/mol. The summed E-state index contributed by atoms with van der Waals surface area (Å²) >= 11 is 0. The van der Waals surface area contributed by atoms with Gasteiger partial charge in [0, 0.05) is 12.1 Å². The van der Waals surface area contributed by atoms with Crippen molar-refractivity contribution in [2.75, 3.05) is 5.32 Å². The zero-order valence-electron chi connectivity index (χ0n) is 11.0. The van der Waals surface area contributed by atoms with Crippen molar-refractivity contribution in [3.8, 4) is 0 Å². The molecule has 6 nitrogen and oxygen atoms in total. The van der Waals surface area contributed by atoms with Crippen LogP contribution >= 0.6 is 0 Å². The summed E-state index contributed by atoms with van der Waals surface area (Å²) in [6.07, 6.45) is 2.11. The Kier molecular flexibility index (Phi) is 4.13. The van der Waals surface area contributed by atoms with Crippen LogP contribution in [-0.4, -0.2) is 22.1 Å². The van der Waals surface area contributed by atoms with E-state index in [0.717, 1.165) is 12.1 Å². The molecule has 2 N–H and O–H groups in total. The van der Waals surface area contributed by atoms with E-state index < -0.39 is 17.7 Å². The molecule has 108 valence electrons. The van der Waals surface area contributed by atoms with E-state index in [1.807, 2.05) is 0 Å². The average Bonchev–Trinajstić information content (AvgIpc) is 2.81. The first kappa shape index (κ1) is 14.4. The quantitative estimate of drug-likeness (QED) is 0.844. The molecule has 0 aliphatic rings. The lowest BCUT2D eigenvalue weighted by atomic mass is 10.1. The van der Waals surface area contributed by atoms with Crippen LogP contribution in [0, 0.1) is 12.7 Å². The number of nitrogens with one attached hydrogen (secondary N) is 1. The van der Waals surface area contributed by atoms with Crippen molar-refractivity contribution < 1.29 is 23.6 Å². The number of aliphatic carboxylic acids is 1. The Bertz CT molecular complexity index is 722. The van der Waals surface area contributed by atoms with Gasteiger partial charge in [-0.1, -0.05) is 11.2 Å². The third kappa shape index (κ3) is 3.75. The first-order valence-corrected chi connectivity index (χ1v) is 5.91. The fourth-order valence-corrected chi connectivity index (χ4v) is 1.59. The van der Waals surface area contributed by atoms with Gasteiger partial charge in [0.15, 0.2) is 0 Å². The third-order valence-corrected chi connectivity index (χ3v) is 2.52. The lowest BCUT2D eigenvalue weighted by Gasteiger charge is -2.03. The van der Waals surface area contributed by atoms with Crippen molar-refractivity contribution in [2.24, 2.45) is 0 Å². The highest BCUT2D eigenvalue weighted by Crippen LogP contribution is 2.15. The number of carbonyl (C=O) groups excluding carboxylic acids is 1. The number of aromatic nitrogens is 1. The molecule has 0 aliphatic heterocycles. The Hall–Kier alpha value is -2.96. The van der Waals surface area contributed by atoms with Gasteiger partial charge in [0.2, 0.25) is 5.88 Å². The number of carboxylic acid groups (broad SMARTS) is 1. The van der Waals surface area contributed by atoms with Crippen molar-refractivity contribution in [2.45, 2.75) is 6.92 Å². The predicted molar refractivity (Wildman–Crippen MR) is 72.3 cm³/mol. The maximum Gasteiger partial charge on any atom is 0.328 e. The van der Waals surface area contributed by atoms with E-state index >= 15 is 0 Å². The summed E-state index contributed by atoms with van der Waals surface area (Å²) in [5, 5.41) is 14.5. The zero-order valence-corrected chi connectivity index (χ0v) is 11.0. The number of hydrogen-bond acceptors (Lipinski definition) is 4. The normalized spacial score (nSPS) is 10.8. The highest BCUT2D eigenvalue weighted by atomic mass is 19.1. The molecule has 0 aliphatic carbocycles. The number of benzene rings is 1. The number of nitrogens with zero attached hydrogens (tertiary/aromatic N) is 1.